The minimum absolute atomic E-state index is 0.112. The highest BCUT2D eigenvalue weighted by molar-refractivity contribution is 7.99. The van der Waals surface area contributed by atoms with Crippen LogP contribution in [0.15, 0.2) is 29.4 Å². The van der Waals surface area contributed by atoms with Crippen molar-refractivity contribution in [3.8, 4) is 17.1 Å². The number of phenolic OH excluding ortho intramolecular Hbond substituents is 1. The van der Waals surface area contributed by atoms with E-state index >= 15 is 0 Å². The van der Waals surface area contributed by atoms with Gasteiger partial charge in [-0.15, -0.1) is 10.2 Å². The first-order valence-corrected chi connectivity index (χ1v) is 6.66. The van der Waals surface area contributed by atoms with Gasteiger partial charge in [-0.1, -0.05) is 23.9 Å². The molecule has 100 valence electrons. The van der Waals surface area contributed by atoms with Crippen LogP contribution >= 0.6 is 11.8 Å². The number of thioether (sulfide) groups is 1. The third-order valence-corrected chi connectivity index (χ3v) is 3.44. The second kappa shape index (κ2) is 5.75. The van der Waals surface area contributed by atoms with Crippen molar-refractivity contribution in [2.24, 2.45) is 0 Å². The SMILES string of the molecule is CCn1c(SCC(=O)[O-])nnc1-c1ccccc1O. The van der Waals surface area contributed by atoms with Crippen molar-refractivity contribution >= 4 is 17.7 Å². The summed E-state index contributed by atoms with van der Waals surface area (Å²) in [6.07, 6.45) is 0. The van der Waals surface area contributed by atoms with E-state index in [9.17, 15) is 15.0 Å². The number of carbonyl (C=O) groups is 1. The maximum atomic E-state index is 10.5. The van der Waals surface area contributed by atoms with Crippen molar-refractivity contribution in [1.29, 1.82) is 0 Å². The smallest absolute Gasteiger partial charge is 0.191 e. The molecule has 1 heterocycles. The molecule has 0 radical (unpaired) electrons. The highest BCUT2D eigenvalue weighted by Crippen LogP contribution is 2.29. The van der Waals surface area contributed by atoms with Gasteiger partial charge in [0.05, 0.1) is 11.5 Å². The molecule has 0 amide bonds. The van der Waals surface area contributed by atoms with Crippen LogP contribution in [-0.2, 0) is 11.3 Å². The lowest BCUT2D eigenvalue weighted by Crippen LogP contribution is -2.24. The third kappa shape index (κ3) is 2.87. The zero-order valence-electron chi connectivity index (χ0n) is 10.2. The molecule has 6 nitrogen and oxygen atoms in total. The lowest BCUT2D eigenvalue weighted by molar-refractivity contribution is -0.301. The summed E-state index contributed by atoms with van der Waals surface area (Å²) in [5, 5.41) is 28.7. The number of hydrogen-bond acceptors (Lipinski definition) is 6. The molecule has 0 aliphatic carbocycles. The van der Waals surface area contributed by atoms with Gasteiger partial charge in [-0.3, -0.25) is 0 Å². The summed E-state index contributed by atoms with van der Waals surface area (Å²) in [4.78, 5) is 10.5. The molecule has 0 saturated carbocycles. The molecule has 2 rings (SSSR count). The van der Waals surface area contributed by atoms with E-state index in [2.05, 4.69) is 10.2 Å². The van der Waals surface area contributed by atoms with Gasteiger partial charge in [0.2, 0.25) is 0 Å². The molecule has 0 aliphatic heterocycles. The van der Waals surface area contributed by atoms with Crippen molar-refractivity contribution in [2.45, 2.75) is 18.6 Å². The zero-order chi connectivity index (χ0) is 13.8. The summed E-state index contributed by atoms with van der Waals surface area (Å²) in [6, 6.07) is 6.81. The van der Waals surface area contributed by atoms with Crippen LogP contribution in [0, 0.1) is 0 Å². The van der Waals surface area contributed by atoms with Gasteiger partial charge in [0.25, 0.3) is 0 Å². The molecule has 1 aromatic carbocycles. The molecule has 1 aromatic heterocycles. The first-order valence-electron chi connectivity index (χ1n) is 5.67. The highest BCUT2D eigenvalue weighted by Gasteiger charge is 2.15. The van der Waals surface area contributed by atoms with E-state index < -0.39 is 5.97 Å². The van der Waals surface area contributed by atoms with Crippen LogP contribution in [-0.4, -0.2) is 31.6 Å². The minimum Gasteiger partial charge on any atom is -0.549 e. The molecule has 0 unspecified atom stereocenters. The van der Waals surface area contributed by atoms with E-state index in [1.165, 1.54) is 0 Å². The van der Waals surface area contributed by atoms with Gasteiger partial charge in [-0.25, -0.2) is 0 Å². The number of benzene rings is 1. The number of carboxylic acids is 1. The van der Waals surface area contributed by atoms with Gasteiger partial charge in [0.1, 0.15) is 5.75 Å². The Morgan fingerprint density at radius 2 is 2.16 bits per heavy atom. The van der Waals surface area contributed by atoms with E-state index in [1.807, 2.05) is 6.92 Å². The van der Waals surface area contributed by atoms with Crippen LogP contribution < -0.4 is 5.11 Å². The number of carboxylic acid groups (broad SMARTS) is 1. The van der Waals surface area contributed by atoms with Crippen LogP contribution in [0.4, 0.5) is 0 Å². The Morgan fingerprint density at radius 1 is 1.42 bits per heavy atom. The molecule has 7 heteroatoms. The second-order valence-electron chi connectivity index (χ2n) is 3.73. The van der Waals surface area contributed by atoms with E-state index in [-0.39, 0.29) is 11.5 Å². The van der Waals surface area contributed by atoms with Crippen LogP contribution in [0.3, 0.4) is 0 Å². The topological polar surface area (TPSA) is 91.1 Å². The number of aromatic hydroxyl groups is 1. The van der Waals surface area contributed by atoms with E-state index in [0.29, 0.717) is 23.1 Å². The Kier molecular flexibility index (Phi) is 4.06. The van der Waals surface area contributed by atoms with E-state index in [1.54, 1.807) is 28.8 Å². The fourth-order valence-electron chi connectivity index (χ4n) is 1.67. The molecule has 19 heavy (non-hydrogen) atoms. The Morgan fingerprint density at radius 3 is 2.79 bits per heavy atom. The number of nitrogens with zero attached hydrogens (tertiary/aromatic N) is 3. The summed E-state index contributed by atoms with van der Waals surface area (Å²) >= 11 is 1.05. The summed E-state index contributed by atoms with van der Waals surface area (Å²) in [7, 11) is 0. The number of phenols is 1. The van der Waals surface area contributed by atoms with Gasteiger partial charge in [0, 0.05) is 12.3 Å². The first-order chi connectivity index (χ1) is 9.13. The van der Waals surface area contributed by atoms with E-state index in [4.69, 9.17) is 0 Å². The number of aliphatic carboxylic acids is 1. The van der Waals surface area contributed by atoms with Crippen molar-refractivity contribution in [3.05, 3.63) is 24.3 Å². The minimum atomic E-state index is -1.15. The fourth-order valence-corrected chi connectivity index (χ4v) is 2.38. The maximum absolute atomic E-state index is 10.5. The molecule has 1 N–H and O–H groups in total. The second-order valence-corrected chi connectivity index (χ2v) is 4.67. The van der Waals surface area contributed by atoms with Crippen LogP contribution in [0.2, 0.25) is 0 Å². The highest BCUT2D eigenvalue weighted by atomic mass is 32.2. The normalized spacial score (nSPS) is 10.6. The molecule has 0 aliphatic rings. The average Bonchev–Trinajstić information content (AvgIpc) is 2.79. The quantitative estimate of drug-likeness (QED) is 0.801. The summed E-state index contributed by atoms with van der Waals surface area (Å²) < 4.78 is 1.75. The lowest BCUT2D eigenvalue weighted by atomic mass is 10.2. The third-order valence-electron chi connectivity index (χ3n) is 2.50. The van der Waals surface area contributed by atoms with Gasteiger partial charge in [-0.05, 0) is 19.1 Å². The number of aromatic nitrogens is 3. The fraction of sp³-hybridized carbons (Fsp3) is 0.250. The predicted octanol–water partition coefficient (Wildman–Crippen LogP) is 0.513. The summed E-state index contributed by atoms with van der Waals surface area (Å²) in [6.45, 7) is 2.47. The van der Waals surface area contributed by atoms with Crippen molar-refractivity contribution in [2.75, 3.05) is 5.75 Å². The van der Waals surface area contributed by atoms with Crippen molar-refractivity contribution in [3.63, 3.8) is 0 Å². The van der Waals surface area contributed by atoms with Crippen LogP contribution in [0.25, 0.3) is 11.4 Å². The number of hydrogen-bond donors (Lipinski definition) is 1. The summed E-state index contributed by atoms with van der Waals surface area (Å²) in [5.41, 5.74) is 0.567. The van der Waals surface area contributed by atoms with Crippen molar-refractivity contribution < 1.29 is 15.0 Å². The number of carbonyl (C=O) groups excluding carboxylic acids is 1. The molecular formula is C12H12N3O3S-. The molecular weight excluding hydrogens is 266 g/mol. The average molecular weight is 278 g/mol. The molecule has 0 saturated heterocycles. The lowest BCUT2D eigenvalue weighted by Gasteiger charge is -2.08. The van der Waals surface area contributed by atoms with E-state index in [0.717, 1.165) is 11.8 Å². The first kappa shape index (κ1) is 13.4. The Bertz CT molecular complexity index is 598. The van der Waals surface area contributed by atoms with Gasteiger partial charge < -0.3 is 19.6 Å². The Labute approximate surface area is 114 Å². The Balaban J connectivity index is 2.37. The summed E-state index contributed by atoms with van der Waals surface area (Å²) in [5.74, 6) is -0.707. The molecule has 0 bridgehead atoms. The monoisotopic (exact) mass is 278 g/mol. The molecule has 2 aromatic rings. The largest absolute Gasteiger partial charge is 0.549 e. The zero-order valence-corrected chi connectivity index (χ0v) is 11.1. The van der Waals surface area contributed by atoms with Gasteiger partial charge >= 0.3 is 0 Å². The van der Waals surface area contributed by atoms with Crippen LogP contribution in [0.5, 0.6) is 5.75 Å². The van der Waals surface area contributed by atoms with Crippen molar-refractivity contribution in [1.82, 2.24) is 14.8 Å². The Hall–Kier alpha value is -2.02. The standard InChI is InChI=1S/C12H13N3O3S/c1-2-15-11(8-5-3-4-6-9(8)16)13-14-12(15)19-7-10(17)18/h3-6,16H,2,7H2,1H3,(H,17,18)/p-1. The van der Waals surface area contributed by atoms with Crippen LogP contribution in [0.1, 0.15) is 6.92 Å². The predicted molar refractivity (Wildman–Crippen MR) is 68.5 cm³/mol. The maximum Gasteiger partial charge on any atom is 0.191 e. The van der Waals surface area contributed by atoms with Gasteiger partial charge in [0.15, 0.2) is 11.0 Å². The molecule has 0 atom stereocenters. The number of rotatable bonds is 5. The number of para-hydroxylation sites is 1. The molecule has 0 fully saturated rings. The van der Waals surface area contributed by atoms with Gasteiger partial charge in [-0.2, -0.15) is 0 Å². The molecule has 0 spiro atoms.